The second kappa shape index (κ2) is 2.88. The third kappa shape index (κ3) is 1.10. The number of fused-ring (bicyclic) bond motifs is 2. The highest BCUT2D eigenvalue weighted by Crippen LogP contribution is 2.68. The van der Waals surface area contributed by atoms with Gasteiger partial charge in [-0.1, -0.05) is 23.8 Å². The van der Waals surface area contributed by atoms with Crippen LogP contribution in [0.5, 0.6) is 0 Å². The van der Waals surface area contributed by atoms with E-state index in [1.807, 2.05) is 0 Å². The average Bonchev–Trinajstić information content (AvgIpc) is 2.53. The van der Waals surface area contributed by atoms with Crippen molar-refractivity contribution in [1.29, 1.82) is 0 Å². The minimum atomic E-state index is 0.192. The molecule has 1 aliphatic heterocycles. The first-order chi connectivity index (χ1) is 8.06. The van der Waals surface area contributed by atoms with Crippen LogP contribution in [0, 0.1) is 17.8 Å². The fourth-order valence-electron chi connectivity index (χ4n) is 5.18. The van der Waals surface area contributed by atoms with Gasteiger partial charge in [0.05, 0.1) is 5.60 Å². The molecule has 0 bridgehead atoms. The molecule has 3 aliphatic carbocycles. The van der Waals surface area contributed by atoms with Crippen molar-refractivity contribution in [2.75, 3.05) is 0 Å². The molecule has 0 aromatic heterocycles. The molecule has 5 unspecified atom stereocenters. The minimum absolute atomic E-state index is 0.192. The van der Waals surface area contributed by atoms with Gasteiger partial charge in [0, 0.05) is 5.92 Å². The van der Waals surface area contributed by atoms with Gasteiger partial charge >= 0.3 is 0 Å². The molecule has 4 aliphatic rings. The maximum Gasteiger partial charge on any atom is 0.108 e. The topological polar surface area (TPSA) is 12.5 Å². The maximum absolute atomic E-state index is 6.29. The van der Waals surface area contributed by atoms with Crippen molar-refractivity contribution < 1.29 is 4.74 Å². The lowest BCUT2D eigenvalue weighted by atomic mass is 9.74. The number of allylic oxidation sites excluding steroid dienone is 1. The summed E-state index contributed by atoms with van der Waals surface area (Å²) >= 11 is 0. The molecule has 0 aromatic rings. The molecule has 1 heteroatoms. The lowest BCUT2D eigenvalue weighted by Gasteiger charge is -2.28. The Morgan fingerprint density at radius 3 is 3.06 bits per heavy atom. The Morgan fingerprint density at radius 2 is 2.24 bits per heavy atom. The summed E-state index contributed by atoms with van der Waals surface area (Å²) in [7, 11) is 0. The molecule has 1 saturated heterocycles. The third-order valence-electron chi connectivity index (χ3n) is 6.08. The van der Waals surface area contributed by atoms with Gasteiger partial charge < -0.3 is 4.74 Å². The normalized spacial score (nSPS) is 55.8. The first kappa shape index (κ1) is 10.4. The summed E-state index contributed by atoms with van der Waals surface area (Å²) in [6, 6.07) is 0. The minimum Gasteiger partial charge on any atom is -0.362 e. The van der Waals surface area contributed by atoms with Gasteiger partial charge in [0.25, 0.3) is 0 Å². The van der Waals surface area contributed by atoms with E-state index in [0.717, 1.165) is 18.3 Å². The lowest BCUT2D eigenvalue weighted by molar-refractivity contribution is 0.154. The van der Waals surface area contributed by atoms with E-state index in [9.17, 15) is 0 Å². The van der Waals surface area contributed by atoms with E-state index in [0.29, 0.717) is 5.92 Å². The van der Waals surface area contributed by atoms with E-state index in [1.165, 1.54) is 31.3 Å². The molecule has 92 valence electrons. The van der Waals surface area contributed by atoms with Crippen molar-refractivity contribution >= 4 is 0 Å². The summed E-state index contributed by atoms with van der Waals surface area (Å²) in [6.07, 6.45) is 8.75. The molecule has 1 spiro atoms. The summed E-state index contributed by atoms with van der Waals surface area (Å²) < 4.78 is 6.29. The van der Waals surface area contributed by atoms with Crippen LogP contribution in [-0.4, -0.2) is 11.2 Å². The second-order valence-electron chi connectivity index (χ2n) is 6.97. The van der Waals surface area contributed by atoms with Crippen molar-refractivity contribution in [2.24, 2.45) is 17.8 Å². The molecule has 0 aromatic carbocycles. The molecule has 3 fully saturated rings. The van der Waals surface area contributed by atoms with Gasteiger partial charge in [0.2, 0.25) is 0 Å². The summed E-state index contributed by atoms with van der Waals surface area (Å²) in [5.74, 6) is 2.41. The molecule has 1 nitrogen and oxygen atoms in total. The highest BCUT2D eigenvalue weighted by molar-refractivity contribution is 5.35. The van der Waals surface area contributed by atoms with Crippen LogP contribution >= 0.6 is 0 Å². The lowest BCUT2D eigenvalue weighted by Crippen LogP contribution is -2.32. The van der Waals surface area contributed by atoms with Crippen LogP contribution in [0.2, 0.25) is 0 Å². The van der Waals surface area contributed by atoms with Gasteiger partial charge in [-0.25, -0.2) is 0 Å². The Morgan fingerprint density at radius 1 is 1.41 bits per heavy atom. The fraction of sp³-hybridized carbons (Fsp3) is 0.750. The van der Waals surface area contributed by atoms with Gasteiger partial charge in [0.15, 0.2) is 0 Å². The van der Waals surface area contributed by atoms with Crippen LogP contribution < -0.4 is 0 Å². The van der Waals surface area contributed by atoms with Gasteiger partial charge in [-0.3, -0.25) is 0 Å². The molecule has 0 amide bonds. The van der Waals surface area contributed by atoms with Crippen molar-refractivity contribution in [3.8, 4) is 0 Å². The number of ether oxygens (including phenoxy) is 1. The summed E-state index contributed by atoms with van der Waals surface area (Å²) in [5, 5.41) is 0. The van der Waals surface area contributed by atoms with E-state index < -0.39 is 0 Å². The van der Waals surface area contributed by atoms with E-state index in [2.05, 4.69) is 26.5 Å². The number of epoxide rings is 1. The first-order valence-electron chi connectivity index (χ1n) is 7.09. The van der Waals surface area contributed by atoms with E-state index in [4.69, 9.17) is 4.74 Å². The van der Waals surface area contributed by atoms with E-state index >= 15 is 0 Å². The molecular formula is C16H22O. The zero-order chi connectivity index (χ0) is 11.8. The summed E-state index contributed by atoms with van der Waals surface area (Å²) in [5.41, 5.74) is 3.47. The molecule has 2 saturated carbocycles. The van der Waals surface area contributed by atoms with Crippen LogP contribution in [0.3, 0.4) is 0 Å². The highest BCUT2D eigenvalue weighted by atomic mass is 16.6. The molecule has 0 N–H and O–H groups in total. The van der Waals surface area contributed by atoms with Crippen LogP contribution in [0.25, 0.3) is 0 Å². The predicted octanol–water partition coefficient (Wildman–Crippen LogP) is 3.86. The predicted molar refractivity (Wildman–Crippen MR) is 68.7 cm³/mol. The third-order valence-corrected chi connectivity index (χ3v) is 6.08. The van der Waals surface area contributed by atoms with Crippen molar-refractivity contribution in [2.45, 2.75) is 57.2 Å². The zero-order valence-corrected chi connectivity index (χ0v) is 11.0. The quantitative estimate of drug-likeness (QED) is 0.455. The van der Waals surface area contributed by atoms with Gasteiger partial charge in [0.1, 0.15) is 5.60 Å². The van der Waals surface area contributed by atoms with E-state index in [-0.39, 0.29) is 11.2 Å². The van der Waals surface area contributed by atoms with Crippen LogP contribution in [0.4, 0.5) is 0 Å². The fourth-order valence-corrected chi connectivity index (χ4v) is 5.18. The Bertz CT molecular complexity index is 435. The SMILES string of the molecule is C=C1CC2CCC3(C)OC34CC=C(C)C4C2C1. The Balaban J connectivity index is 1.78. The average molecular weight is 230 g/mol. The number of hydrogen-bond donors (Lipinski definition) is 0. The molecule has 4 rings (SSSR count). The van der Waals surface area contributed by atoms with Gasteiger partial charge in [-0.2, -0.15) is 0 Å². The smallest absolute Gasteiger partial charge is 0.108 e. The van der Waals surface area contributed by atoms with Crippen molar-refractivity contribution in [3.05, 3.63) is 23.8 Å². The maximum atomic E-state index is 6.29. The second-order valence-corrected chi connectivity index (χ2v) is 6.97. The monoisotopic (exact) mass is 230 g/mol. The van der Waals surface area contributed by atoms with Gasteiger partial charge in [-0.15, -0.1) is 0 Å². The molecule has 17 heavy (non-hydrogen) atoms. The van der Waals surface area contributed by atoms with Gasteiger partial charge in [-0.05, 0) is 57.8 Å². The standard InChI is InChI=1S/C16H22O/c1-10-8-12-5-6-15(3)16(17-15)7-4-11(2)14(16)13(12)9-10/h4,12-14H,1,5-9H2,2-3H3. The molecule has 0 radical (unpaired) electrons. The molecular weight excluding hydrogens is 208 g/mol. The van der Waals surface area contributed by atoms with Crippen LogP contribution in [-0.2, 0) is 4.74 Å². The molecule has 5 atom stereocenters. The van der Waals surface area contributed by atoms with Crippen molar-refractivity contribution in [3.63, 3.8) is 0 Å². The van der Waals surface area contributed by atoms with Crippen LogP contribution in [0.15, 0.2) is 23.8 Å². The summed E-state index contributed by atoms with van der Waals surface area (Å²) in [6.45, 7) is 8.92. The number of hydrogen-bond acceptors (Lipinski definition) is 1. The van der Waals surface area contributed by atoms with Crippen LogP contribution in [0.1, 0.15) is 46.0 Å². The first-order valence-corrected chi connectivity index (χ1v) is 7.09. The molecule has 1 heterocycles. The Hall–Kier alpha value is -0.560. The highest BCUT2D eigenvalue weighted by Gasteiger charge is 2.73. The largest absolute Gasteiger partial charge is 0.362 e. The summed E-state index contributed by atoms with van der Waals surface area (Å²) in [4.78, 5) is 0. The Kier molecular flexibility index (Phi) is 1.76. The Labute approximate surface area is 104 Å². The number of rotatable bonds is 0. The van der Waals surface area contributed by atoms with E-state index in [1.54, 1.807) is 5.57 Å². The zero-order valence-electron chi connectivity index (χ0n) is 11.0. The van der Waals surface area contributed by atoms with Crippen molar-refractivity contribution in [1.82, 2.24) is 0 Å².